The Morgan fingerprint density at radius 1 is 1.67 bits per heavy atom. The van der Waals surface area contributed by atoms with Crippen molar-refractivity contribution in [2.75, 3.05) is 6.54 Å². The maximum atomic E-state index is 11.0. The molecular formula is C8H9N3O. The maximum absolute atomic E-state index is 11.0. The predicted molar refractivity (Wildman–Crippen MR) is 45.2 cm³/mol. The zero-order valence-corrected chi connectivity index (χ0v) is 6.74. The molecule has 0 aromatic rings. The highest BCUT2D eigenvalue weighted by molar-refractivity contribution is 6.00. The molecule has 0 spiro atoms. The van der Waals surface area contributed by atoms with Gasteiger partial charge in [-0.2, -0.15) is 5.10 Å². The molecule has 62 valence electrons. The Kier molecular flexibility index (Phi) is 1.46. The number of hydrogen-bond donors (Lipinski definition) is 1. The molecule has 4 heteroatoms. The van der Waals surface area contributed by atoms with E-state index in [0.29, 0.717) is 6.54 Å². The lowest BCUT2D eigenvalue weighted by Crippen LogP contribution is -2.44. The van der Waals surface area contributed by atoms with Gasteiger partial charge in [-0.15, -0.1) is 0 Å². The van der Waals surface area contributed by atoms with Crippen LogP contribution in [-0.4, -0.2) is 23.2 Å². The van der Waals surface area contributed by atoms with Gasteiger partial charge in [-0.3, -0.25) is 4.79 Å². The second-order valence-corrected chi connectivity index (χ2v) is 2.76. The molecule has 0 unspecified atom stereocenters. The van der Waals surface area contributed by atoms with Gasteiger partial charge in [0.15, 0.2) is 5.84 Å². The third-order valence-corrected chi connectivity index (χ3v) is 1.88. The highest BCUT2D eigenvalue weighted by Gasteiger charge is 2.20. The van der Waals surface area contributed by atoms with Crippen molar-refractivity contribution in [1.82, 2.24) is 10.3 Å². The SMILES string of the molecule is CC1=CC=CC2=NNC(=O)CN12. The Balaban J connectivity index is 2.35. The lowest BCUT2D eigenvalue weighted by molar-refractivity contribution is -0.121. The van der Waals surface area contributed by atoms with Gasteiger partial charge in [0.1, 0.15) is 6.54 Å². The summed E-state index contributed by atoms with van der Waals surface area (Å²) >= 11 is 0. The van der Waals surface area contributed by atoms with Crippen molar-refractivity contribution < 1.29 is 4.79 Å². The Labute approximate surface area is 70.2 Å². The third-order valence-electron chi connectivity index (χ3n) is 1.88. The van der Waals surface area contributed by atoms with Gasteiger partial charge in [0.05, 0.1) is 0 Å². The molecule has 0 atom stereocenters. The third kappa shape index (κ3) is 1.01. The molecule has 4 nitrogen and oxygen atoms in total. The fourth-order valence-electron chi connectivity index (χ4n) is 1.24. The molecule has 0 aliphatic carbocycles. The number of fused-ring (bicyclic) bond motifs is 1. The molecule has 0 aromatic heterocycles. The number of nitrogens with one attached hydrogen (secondary N) is 1. The normalized spacial score (nSPS) is 21.1. The van der Waals surface area contributed by atoms with E-state index in [1.165, 1.54) is 0 Å². The summed E-state index contributed by atoms with van der Waals surface area (Å²) in [6.07, 6.45) is 5.74. The smallest absolute Gasteiger partial charge is 0.260 e. The predicted octanol–water partition coefficient (Wildman–Crippen LogP) is 0.205. The lowest BCUT2D eigenvalue weighted by Gasteiger charge is -2.29. The first kappa shape index (κ1) is 7.09. The second kappa shape index (κ2) is 2.48. The van der Waals surface area contributed by atoms with E-state index in [1.54, 1.807) is 0 Å². The number of nitrogens with zero attached hydrogens (tertiary/aromatic N) is 2. The topological polar surface area (TPSA) is 44.7 Å². The van der Waals surface area contributed by atoms with Gasteiger partial charge in [0, 0.05) is 5.70 Å². The van der Waals surface area contributed by atoms with Gasteiger partial charge >= 0.3 is 0 Å². The van der Waals surface area contributed by atoms with E-state index in [2.05, 4.69) is 10.5 Å². The summed E-state index contributed by atoms with van der Waals surface area (Å²) in [7, 11) is 0. The first-order chi connectivity index (χ1) is 5.77. The number of rotatable bonds is 0. The number of hydrogen-bond acceptors (Lipinski definition) is 3. The van der Waals surface area contributed by atoms with Gasteiger partial charge in [-0.25, -0.2) is 5.43 Å². The minimum atomic E-state index is -0.0678. The van der Waals surface area contributed by atoms with E-state index in [1.807, 2.05) is 30.1 Å². The Hall–Kier alpha value is -1.58. The second-order valence-electron chi connectivity index (χ2n) is 2.76. The highest BCUT2D eigenvalue weighted by Crippen LogP contribution is 2.12. The molecule has 2 aliphatic rings. The molecule has 2 aliphatic heterocycles. The quantitative estimate of drug-likeness (QED) is 0.554. The average Bonchev–Trinajstić information content (AvgIpc) is 2.07. The van der Waals surface area contributed by atoms with Crippen molar-refractivity contribution in [3.05, 3.63) is 23.9 Å². The summed E-state index contributed by atoms with van der Waals surface area (Å²) in [5.41, 5.74) is 3.48. The van der Waals surface area contributed by atoms with Crippen LogP contribution in [0, 0.1) is 0 Å². The van der Waals surface area contributed by atoms with Gasteiger partial charge in [-0.05, 0) is 19.1 Å². The van der Waals surface area contributed by atoms with E-state index in [4.69, 9.17) is 0 Å². The number of amides is 1. The minimum Gasteiger partial charge on any atom is -0.320 e. The Morgan fingerprint density at radius 3 is 3.33 bits per heavy atom. The van der Waals surface area contributed by atoms with E-state index in [-0.39, 0.29) is 5.91 Å². The van der Waals surface area contributed by atoms with Crippen LogP contribution in [0.25, 0.3) is 0 Å². The first-order valence-corrected chi connectivity index (χ1v) is 3.76. The van der Waals surface area contributed by atoms with Crippen LogP contribution in [0.5, 0.6) is 0 Å². The van der Waals surface area contributed by atoms with Crippen molar-refractivity contribution in [3.8, 4) is 0 Å². The monoisotopic (exact) mass is 163 g/mol. The van der Waals surface area contributed by atoms with Crippen LogP contribution in [0.3, 0.4) is 0 Å². The number of carbonyl (C=O) groups is 1. The van der Waals surface area contributed by atoms with Crippen molar-refractivity contribution in [2.24, 2.45) is 5.10 Å². The first-order valence-electron chi connectivity index (χ1n) is 3.76. The van der Waals surface area contributed by atoms with Crippen LogP contribution in [0.4, 0.5) is 0 Å². The highest BCUT2D eigenvalue weighted by atomic mass is 16.2. The fraction of sp³-hybridized carbons (Fsp3) is 0.250. The fourth-order valence-corrected chi connectivity index (χ4v) is 1.24. The van der Waals surface area contributed by atoms with E-state index < -0.39 is 0 Å². The zero-order chi connectivity index (χ0) is 8.55. The van der Waals surface area contributed by atoms with Crippen molar-refractivity contribution in [3.63, 3.8) is 0 Å². The van der Waals surface area contributed by atoms with Gasteiger partial charge in [0.25, 0.3) is 5.91 Å². The molecule has 0 saturated carbocycles. The van der Waals surface area contributed by atoms with E-state index in [9.17, 15) is 4.79 Å². The largest absolute Gasteiger partial charge is 0.320 e. The molecular weight excluding hydrogens is 154 g/mol. The Bertz CT molecular complexity index is 314. The maximum Gasteiger partial charge on any atom is 0.260 e. The summed E-state index contributed by atoms with van der Waals surface area (Å²) in [5.74, 6) is 0.733. The Morgan fingerprint density at radius 2 is 2.50 bits per heavy atom. The molecule has 1 N–H and O–H groups in total. The van der Waals surface area contributed by atoms with Crippen molar-refractivity contribution in [2.45, 2.75) is 6.92 Å². The van der Waals surface area contributed by atoms with Crippen LogP contribution >= 0.6 is 0 Å². The summed E-state index contributed by atoms with van der Waals surface area (Å²) in [4.78, 5) is 12.8. The average molecular weight is 163 g/mol. The van der Waals surface area contributed by atoms with Crippen LogP contribution in [-0.2, 0) is 4.79 Å². The minimum absolute atomic E-state index is 0.0678. The summed E-state index contributed by atoms with van der Waals surface area (Å²) in [6, 6.07) is 0. The van der Waals surface area contributed by atoms with Gasteiger partial charge in [-0.1, -0.05) is 6.08 Å². The summed E-state index contributed by atoms with van der Waals surface area (Å²) < 4.78 is 0. The standard InChI is InChI=1S/C8H9N3O/c1-6-3-2-4-7-9-10-8(12)5-11(6)7/h2-4H,5H2,1H3,(H,10,12). The van der Waals surface area contributed by atoms with Crippen LogP contribution in [0.15, 0.2) is 29.0 Å². The lowest BCUT2D eigenvalue weighted by atomic mass is 10.2. The number of carbonyl (C=O) groups excluding carboxylic acids is 1. The molecule has 2 rings (SSSR count). The molecule has 0 fully saturated rings. The van der Waals surface area contributed by atoms with Crippen LogP contribution < -0.4 is 5.43 Å². The van der Waals surface area contributed by atoms with Crippen molar-refractivity contribution in [1.29, 1.82) is 0 Å². The number of hydrazone groups is 1. The van der Waals surface area contributed by atoms with Gasteiger partial charge in [0.2, 0.25) is 0 Å². The van der Waals surface area contributed by atoms with Gasteiger partial charge < -0.3 is 4.90 Å². The van der Waals surface area contributed by atoms with E-state index in [0.717, 1.165) is 11.5 Å². The number of amidine groups is 1. The number of allylic oxidation sites excluding steroid dienone is 3. The van der Waals surface area contributed by atoms with Crippen LogP contribution in [0.2, 0.25) is 0 Å². The molecule has 0 bridgehead atoms. The molecule has 0 radical (unpaired) electrons. The summed E-state index contributed by atoms with van der Waals surface area (Å²) in [5, 5.41) is 3.90. The van der Waals surface area contributed by atoms with E-state index >= 15 is 0 Å². The summed E-state index contributed by atoms with van der Waals surface area (Å²) in [6.45, 7) is 2.32. The molecule has 1 amide bonds. The molecule has 2 heterocycles. The molecule has 0 saturated heterocycles. The van der Waals surface area contributed by atoms with Crippen LogP contribution in [0.1, 0.15) is 6.92 Å². The molecule has 12 heavy (non-hydrogen) atoms. The van der Waals surface area contributed by atoms with Crippen molar-refractivity contribution >= 4 is 11.7 Å². The molecule has 0 aromatic carbocycles. The zero-order valence-electron chi connectivity index (χ0n) is 6.74.